The third kappa shape index (κ3) is 3.00. The van der Waals surface area contributed by atoms with Crippen LogP contribution >= 0.6 is 0 Å². The highest BCUT2D eigenvalue weighted by Gasteiger charge is 2.08. The molecule has 21 heavy (non-hydrogen) atoms. The minimum atomic E-state index is -0.886. The number of carboxylic acid groups (broad SMARTS) is 1. The average Bonchev–Trinajstić information content (AvgIpc) is 2.47. The van der Waals surface area contributed by atoms with E-state index in [0.29, 0.717) is 5.69 Å². The van der Waals surface area contributed by atoms with Crippen LogP contribution in [0, 0.1) is 0 Å². The van der Waals surface area contributed by atoms with Gasteiger partial charge in [0.1, 0.15) is 0 Å². The van der Waals surface area contributed by atoms with Crippen molar-refractivity contribution in [3.63, 3.8) is 0 Å². The maximum absolute atomic E-state index is 10.9. The SMILES string of the molecule is O=C(O)Cc1cc(Nc2ccccc2)c2ccccc2n1. The van der Waals surface area contributed by atoms with Crippen molar-refractivity contribution in [1.29, 1.82) is 0 Å². The molecule has 1 heterocycles. The number of hydrogen-bond acceptors (Lipinski definition) is 3. The lowest BCUT2D eigenvalue weighted by Crippen LogP contribution is -2.04. The fourth-order valence-electron chi connectivity index (χ4n) is 2.26. The van der Waals surface area contributed by atoms with Crippen molar-refractivity contribution in [1.82, 2.24) is 4.98 Å². The second-order valence-corrected chi connectivity index (χ2v) is 4.74. The largest absolute Gasteiger partial charge is 0.481 e. The normalized spacial score (nSPS) is 10.5. The maximum Gasteiger partial charge on any atom is 0.309 e. The Labute approximate surface area is 122 Å². The minimum absolute atomic E-state index is 0.0890. The number of fused-ring (bicyclic) bond motifs is 1. The van der Waals surface area contributed by atoms with Crippen molar-refractivity contribution in [2.24, 2.45) is 0 Å². The smallest absolute Gasteiger partial charge is 0.309 e. The van der Waals surface area contributed by atoms with Gasteiger partial charge in [-0.05, 0) is 24.3 Å². The van der Waals surface area contributed by atoms with Crippen LogP contribution in [0.25, 0.3) is 10.9 Å². The molecule has 0 saturated carbocycles. The summed E-state index contributed by atoms with van der Waals surface area (Å²) in [7, 11) is 0. The van der Waals surface area contributed by atoms with E-state index in [0.717, 1.165) is 22.3 Å². The standard InChI is InChI=1S/C17H14N2O2/c20-17(21)11-13-10-16(18-12-6-2-1-3-7-12)14-8-4-5-9-15(14)19-13/h1-10H,11H2,(H,18,19)(H,20,21). The highest BCUT2D eigenvalue weighted by atomic mass is 16.4. The van der Waals surface area contributed by atoms with Gasteiger partial charge in [-0.25, -0.2) is 0 Å². The Hall–Kier alpha value is -2.88. The zero-order valence-corrected chi connectivity index (χ0v) is 11.3. The molecule has 3 rings (SSSR count). The number of para-hydroxylation sites is 2. The van der Waals surface area contributed by atoms with Gasteiger partial charge < -0.3 is 10.4 Å². The molecule has 0 radical (unpaired) electrons. The van der Waals surface area contributed by atoms with Crippen molar-refractivity contribution in [2.75, 3.05) is 5.32 Å². The van der Waals surface area contributed by atoms with E-state index in [9.17, 15) is 4.79 Å². The topological polar surface area (TPSA) is 62.2 Å². The lowest BCUT2D eigenvalue weighted by Gasteiger charge is -2.11. The quantitative estimate of drug-likeness (QED) is 0.765. The molecule has 0 amide bonds. The van der Waals surface area contributed by atoms with Crippen molar-refractivity contribution < 1.29 is 9.90 Å². The number of carboxylic acids is 1. The van der Waals surface area contributed by atoms with Crippen LogP contribution in [0.4, 0.5) is 11.4 Å². The molecule has 0 aliphatic rings. The number of nitrogens with one attached hydrogen (secondary N) is 1. The number of aromatic nitrogens is 1. The summed E-state index contributed by atoms with van der Waals surface area (Å²) in [5, 5.41) is 13.3. The van der Waals surface area contributed by atoms with Gasteiger partial charge in [0.15, 0.2) is 0 Å². The number of carbonyl (C=O) groups is 1. The highest BCUT2D eigenvalue weighted by Crippen LogP contribution is 2.26. The molecule has 3 aromatic rings. The molecule has 0 fully saturated rings. The van der Waals surface area contributed by atoms with Gasteiger partial charge in [0, 0.05) is 16.8 Å². The van der Waals surface area contributed by atoms with Crippen LogP contribution in [0.5, 0.6) is 0 Å². The van der Waals surface area contributed by atoms with Crippen molar-refractivity contribution >= 4 is 28.2 Å². The van der Waals surface area contributed by atoms with Gasteiger partial charge in [-0.15, -0.1) is 0 Å². The van der Waals surface area contributed by atoms with E-state index in [-0.39, 0.29) is 6.42 Å². The first-order valence-corrected chi connectivity index (χ1v) is 6.65. The summed E-state index contributed by atoms with van der Waals surface area (Å²) in [6.07, 6.45) is -0.0890. The Kier molecular flexibility index (Phi) is 3.51. The summed E-state index contributed by atoms with van der Waals surface area (Å²) < 4.78 is 0. The summed E-state index contributed by atoms with van der Waals surface area (Å²) in [6.45, 7) is 0. The number of aliphatic carboxylic acids is 1. The van der Waals surface area contributed by atoms with E-state index < -0.39 is 5.97 Å². The molecule has 0 saturated heterocycles. The average molecular weight is 278 g/mol. The third-order valence-electron chi connectivity index (χ3n) is 3.15. The first kappa shape index (κ1) is 13.1. The molecule has 0 spiro atoms. The number of pyridine rings is 1. The van der Waals surface area contributed by atoms with Crippen LogP contribution in [-0.4, -0.2) is 16.1 Å². The van der Waals surface area contributed by atoms with E-state index >= 15 is 0 Å². The van der Waals surface area contributed by atoms with Crippen molar-refractivity contribution in [3.05, 3.63) is 66.4 Å². The number of hydrogen-bond donors (Lipinski definition) is 2. The van der Waals surface area contributed by atoms with Gasteiger partial charge in [0.25, 0.3) is 0 Å². The van der Waals surface area contributed by atoms with Crippen molar-refractivity contribution in [2.45, 2.75) is 6.42 Å². The second-order valence-electron chi connectivity index (χ2n) is 4.74. The number of rotatable bonds is 4. The molecule has 104 valence electrons. The van der Waals surface area contributed by atoms with E-state index in [4.69, 9.17) is 5.11 Å². The van der Waals surface area contributed by atoms with E-state index in [2.05, 4.69) is 10.3 Å². The van der Waals surface area contributed by atoms with Gasteiger partial charge in [-0.2, -0.15) is 0 Å². The van der Waals surface area contributed by atoms with Crippen LogP contribution < -0.4 is 5.32 Å². The van der Waals surface area contributed by atoms with Gasteiger partial charge in [0.05, 0.1) is 17.6 Å². The fourth-order valence-corrected chi connectivity index (χ4v) is 2.26. The summed E-state index contributed by atoms with van der Waals surface area (Å²) in [4.78, 5) is 15.3. The zero-order chi connectivity index (χ0) is 14.7. The Morgan fingerprint density at radius 2 is 1.76 bits per heavy atom. The fraction of sp³-hybridized carbons (Fsp3) is 0.0588. The molecule has 0 atom stereocenters. The molecule has 2 N–H and O–H groups in total. The summed E-state index contributed by atoms with van der Waals surface area (Å²) in [5.74, 6) is -0.886. The van der Waals surface area contributed by atoms with E-state index in [1.807, 2.05) is 54.6 Å². The summed E-state index contributed by atoms with van der Waals surface area (Å²) in [6, 6.07) is 19.3. The van der Waals surface area contributed by atoms with Crippen LogP contribution in [0.2, 0.25) is 0 Å². The van der Waals surface area contributed by atoms with Gasteiger partial charge in [0.2, 0.25) is 0 Å². The van der Waals surface area contributed by atoms with E-state index in [1.165, 1.54) is 0 Å². The predicted molar refractivity (Wildman–Crippen MR) is 82.8 cm³/mol. The Morgan fingerprint density at radius 3 is 2.52 bits per heavy atom. The van der Waals surface area contributed by atoms with Gasteiger partial charge >= 0.3 is 5.97 Å². The molecule has 2 aromatic carbocycles. The van der Waals surface area contributed by atoms with Crippen LogP contribution in [-0.2, 0) is 11.2 Å². The Balaban J connectivity index is 2.08. The molecule has 1 aromatic heterocycles. The first-order chi connectivity index (χ1) is 10.2. The van der Waals surface area contributed by atoms with Crippen LogP contribution in [0.1, 0.15) is 5.69 Å². The molecule has 4 heteroatoms. The molecule has 0 bridgehead atoms. The maximum atomic E-state index is 10.9. The Morgan fingerprint density at radius 1 is 1.05 bits per heavy atom. The zero-order valence-electron chi connectivity index (χ0n) is 11.3. The number of nitrogens with zero attached hydrogens (tertiary/aromatic N) is 1. The summed E-state index contributed by atoms with van der Waals surface area (Å²) in [5.41, 5.74) is 3.15. The highest BCUT2D eigenvalue weighted by molar-refractivity contribution is 5.93. The van der Waals surface area contributed by atoms with E-state index in [1.54, 1.807) is 6.07 Å². The molecule has 4 nitrogen and oxygen atoms in total. The summed E-state index contributed by atoms with van der Waals surface area (Å²) >= 11 is 0. The van der Waals surface area contributed by atoms with Gasteiger partial charge in [-0.1, -0.05) is 36.4 Å². The lowest BCUT2D eigenvalue weighted by molar-refractivity contribution is -0.136. The van der Waals surface area contributed by atoms with Crippen LogP contribution in [0.3, 0.4) is 0 Å². The second kappa shape index (κ2) is 5.63. The first-order valence-electron chi connectivity index (χ1n) is 6.65. The third-order valence-corrected chi connectivity index (χ3v) is 3.15. The number of benzene rings is 2. The Bertz CT molecular complexity index is 785. The number of anilines is 2. The minimum Gasteiger partial charge on any atom is -0.481 e. The molecule has 0 aliphatic carbocycles. The van der Waals surface area contributed by atoms with Crippen molar-refractivity contribution in [3.8, 4) is 0 Å². The molecule has 0 unspecified atom stereocenters. The van der Waals surface area contributed by atoms with Gasteiger partial charge in [-0.3, -0.25) is 9.78 Å². The predicted octanol–water partition coefficient (Wildman–Crippen LogP) is 3.61. The molecular weight excluding hydrogens is 264 g/mol. The molecule has 0 aliphatic heterocycles. The van der Waals surface area contributed by atoms with Crippen LogP contribution in [0.15, 0.2) is 60.7 Å². The monoisotopic (exact) mass is 278 g/mol. The molecular formula is C17H14N2O2. The lowest BCUT2D eigenvalue weighted by atomic mass is 10.1.